The number of benzene rings is 1. The van der Waals surface area contributed by atoms with Gasteiger partial charge in [0.15, 0.2) is 5.03 Å². The summed E-state index contributed by atoms with van der Waals surface area (Å²) in [6, 6.07) is 5.63. The lowest BCUT2D eigenvalue weighted by Gasteiger charge is -2.03. The highest BCUT2D eigenvalue weighted by atomic mass is 32.2. The molecule has 0 bridgehead atoms. The first-order valence-electron chi connectivity index (χ1n) is 8.71. The molecule has 2 heterocycles. The van der Waals surface area contributed by atoms with Crippen molar-refractivity contribution in [3.63, 3.8) is 0 Å². The van der Waals surface area contributed by atoms with Crippen LogP contribution in [0.15, 0.2) is 41.8 Å². The minimum Gasteiger partial charge on any atom is -0.333 e. The molecule has 1 saturated carbocycles. The van der Waals surface area contributed by atoms with Gasteiger partial charge in [0.25, 0.3) is 16.0 Å². The second-order valence-corrected chi connectivity index (χ2v) is 8.17. The Hall–Kier alpha value is -2.75. The molecular weight excluding hydrogens is 371 g/mol. The van der Waals surface area contributed by atoms with E-state index in [0.29, 0.717) is 18.0 Å². The zero-order valence-corrected chi connectivity index (χ0v) is 15.5. The van der Waals surface area contributed by atoms with Crippen LogP contribution in [0, 0.1) is 11.7 Å². The molecule has 1 aliphatic rings. The number of aromatic nitrogens is 5. The maximum Gasteiger partial charge on any atom is 0.283 e. The van der Waals surface area contributed by atoms with E-state index in [4.69, 9.17) is 0 Å². The van der Waals surface area contributed by atoms with Gasteiger partial charge in [-0.3, -0.25) is 0 Å². The molecule has 0 amide bonds. The largest absolute Gasteiger partial charge is 0.333 e. The molecule has 4 rings (SSSR count). The van der Waals surface area contributed by atoms with Crippen molar-refractivity contribution in [2.75, 3.05) is 4.72 Å². The van der Waals surface area contributed by atoms with Gasteiger partial charge in [-0.25, -0.2) is 18.8 Å². The number of sulfonamides is 1. The molecule has 1 aliphatic carbocycles. The summed E-state index contributed by atoms with van der Waals surface area (Å²) in [6.45, 7) is 2.74. The van der Waals surface area contributed by atoms with Crippen molar-refractivity contribution in [2.24, 2.45) is 5.92 Å². The summed E-state index contributed by atoms with van der Waals surface area (Å²) >= 11 is 0. The third-order valence-corrected chi connectivity index (χ3v) is 5.59. The van der Waals surface area contributed by atoms with Gasteiger partial charge in [-0.2, -0.15) is 13.4 Å². The molecule has 1 N–H and O–H groups in total. The number of hydrogen-bond acceptors (Lipinski definition) is 5. The molecule has 0 saturated heterocycles. The number of nitrogens with one attached hydrogen (secondary N) is 1. The molecule has 8 nitrogen and oxygen atoms in total. The lowest BCUT2D eigenvalue weighted by molar-refractivity contribution is 0.594. The number of rotatable bonds is 7. The first-order valence-corrected chi connectivity index (χ1v) is 10.2. The lowest BCUT2D eigenvalue weighted by atomic mass is 10.3. The smallest absolute Gasteiger partial charge is 0.283 e. The van der Waals surface area contributed by atoms with Crippen molar-refractivity contribution in [3.05, 3.63) is 48.4 Å². The fraction of sp³-hybridized carbons (Fsp3) is 0.353. The second kappa shape index (κ2) is 6.76. The summed E-state index contributed by atoms with van der Waals surface area (Å²) in [6.07, 6.45) is 5.92. The van der Waals surface area contributed by atoms with Crippen LogP contribution < -0.4 is 4.72 Å². The third kappa shape index (κ3) is 3.85. The molecule has 10 heteroatoms. The van der Waals surface area contributed by atoms with Crippen molar-refractivity contribution in [3.8, 4) is 5.69 Å². The number of hydrogen-bond donors (Lipinski definition) is 1. The van der Waals surface area contributed by atoms with Crippen LogP contribution in [0.1, 0.15) is 25.6 Å². The van der Waals surface area contributed by atoms with E-state index in [1.54, 1.807) is 6.20 Å². The number of halogens is 1. The number of anilines is 1. The van der Waals surface area contributed by atoms with Gasteiger partial charge < -0.3 is 4.57 Å². The molecule has 27 heavy (non-hydrogen) atoms. The fourth-order valence-electron chi connectivity index (χ4n) is 2.78. The molecule has 0 unspecified atom stereocenters. The Bertz CT molecular complexity index is 1050. The molecule has 1 aromatic carbocycles. The summed E-state index contributed by atoms with van der Waals surface area (Å²) < 4.78 is 43.9. The van der Waals surface area contributed by atoms with Crippen LogP contribution in [0.4, 0.5) is 10.3 Å². The van der Waals surface area contributed by atoms with Gasteiger partial charge in [-0.05, 0) is 43.0 Å². The Morgan fingerprint density at radius 3 is 2.67 bits per heavy atom. The standard InChI is InChI=1S/C17H19FN6O2S/c1-2-15-20-16(10-23(15)9-12-3-4-12)27(25,26)22-17-19-11-24(21-17)14-7-5-13(18)6-8-14/h5-8,10-12H,2-4,9H2,1H3,(H,21,22). The van der Waals surface area contributed by atoms with Crippen LogP contribution in [0.3, 0.4) is 0 Å². The van der Waals surface area contributed by atoms with E-state index in [1.165, 1.54) is 48.1 Å². The third-order valence-electron chi connectivity index (χ3n) is 4.39. The van der Waals surface area contributed by atoms with E-state index in [0.717, 1.165) is 12.4 Å². The maximum absolute atomic E-state index is 13.0. The van der Waals surface area contributed by atoms with Crippen molar-refractivity contribution >= 4 is 16.0 Å². The van der Waals surface area contributed by atoms with Crippen molar-refractivity contribution in [1.82, 2.24) is 24.3 Å². The van der Waals surface area contributed by atoms with Gasteiger partial charge in [0.05, 0.1) is 5.69 Å². The second-order valence-electron chi connectivity index (χ2n) is 6.54. The van der Waals surface area contributed by atoms with Gasteiger partial charge in [0.1, 0.15) is 18.0 Å². The average molecular weight is 390 g/mol. The highest BCUT2D eigenvalue weighted by molar-refractivity contribution is 7.92. The number of nitrogens with zero attached hydrogens (tertiary/aromatic N) is 5. The van der Waals surface area contributed by atoms with Crippen LogP contribution in [0.25, 0.3) is 5.69 Å². The summed E-state index contributed by atoms with van der Waals surface area (Å²) in [5.74, 6) is 0.913. The molecule has 0 radical (unpaired) electrons. The summed E-state index contributed by atoms with van der Waals surface area (Å²) in [5, 5.41) is 4.04. The Morgan fingerprint density at radius 1 is 1.26 bits per heavy atom. The van der Waals surface area contributed by atoms with Crippen molar-refractivity contribution in [1.29, 1.82) is 0 Å². The average Bonchev–Trinajstić information content (AvgIpc) is 3.16. The van der Waals surface area contributed by atoms with Crippen molar-refractivity contribution in [2.45, 2.75) is 37.8 Å². The highest BCUT2D eigenvalue weighted by Crippen LogP contribution is 2.31. The Kier molecular flexibility index (Phi) is 4.42. The first kappa shape index (κ1) is 17.7. The van der Waals surface area contributed by atoms with Crippen LogP contribution in [-0.4, -0.2) is 32.7 Å². The molecule has 2 aromatic heterocycles. The van der Waals surface area contributed by atoms with Gasteiger partial charge in [0, 0.05) is 19.2 Å². The number of imidazole rings is 1. The van der Waals surface area contributed by atoms with Crippen molar-refractivity contribution < 1.29 is 12.8 Å². The monoisotopic (exact) mass is 390 g/mol. The zero-order chi connectivity index (χ0) is 19.0. The van der Waals surface area contributed by atoms with E-state index in [9.17, 15) is 12.8 Å². The molecular formula is C17H19FN6O2S. The van der Waals surface area contributed by atoms with Gasteiger partial charge in [-0.1, -0.05) is 6.92 Å². The van der Waals surface area contributed by atoms with E-state index in [1.807, 2.05) is 11.5 Å². The first-order chi connectivity index (χ1) is 12.9. The van der Waals surface area contributed by atoms with E-state index in [2.05, 4.69) is 19.8 Å². The predicted octanol–water partition coefficient (Wildman–Crippen LogP) is 2.38. The molecule has 142 valence electrons. The Labute approximate surface area is 156 Å². The van der Waals surface area contributed by atoms with Crippen LogP contribution in [0.5, 0.6) is 0 Å². The van der Waals surface area contributed by atoms with Crippen LogP contribution >= 0.6 is 0 Å². The van der Waals surface area contributed by atoms with E-state index >= 15 is 0 Å². The highest BCUT2D eigenvalue weighted by Gasteiger charge is 2.26. The van der Waals surface area contributed by atoms with E-state index in [-0.39, 0.29) is 16.8 Å². The summed E-state index contributed by atoms with van der Waals surface area (Å²) in [7, 11) is -3.90. The minimum atomic E-state index is -3.90. The molecule has 0 atom stereocenters. The lowest BCUT2D eigenvalue weighted by Crippen LogP contribution is -2.15. The van der Waals surface area contributed by atoms with Crippen LogP contribution in [-0.2, 0) is 23.0 Å². The molecule has 1 fully saturated rings. The van der Waals surface area contributed by atoms with Gasteiger partial charge >= 0.3 is 0 Å². The van der Waals surface area contributed by atoms with Gasteiger partial charge in [-0.15, -0.1) is 5.10 Å². The topological polar surface area (TPSA) is 94.7 Å². The molecule has 3 aromatic rings. The number of aryl methyl sites for hydroxylation is 1. The quantitative estimate of drug-likeness (QED) is 0.668. The van der Waals surface area contributed by atoms with Crippen LogP contribution in [0.2, 0.25) is 0 Å². The molecule has 0 aliphatic heterocycles. The minimum absolute atomic E-state index is 0.0434. The SMILES string of the molecule is CCc1nc(S(=O)(=O)Nc2ncn(-c3ccc(F)cc3)n2)cn1CC1CC1. The summed E-state index contributed by atoms with van der Waals surface area (Å²) in [5.41, 5.74) is 0.566. The molecule has 0 spiro atoms. The zero-order valence-electron chi connectivity index (χ0n) is 14.7. The Balaban J connectivity index is 1.55. The maximum atomic E-state index is 13.0. The van der Waals surface area contributed by atoms with Gasteiger partial charge in [0.2, 0.25) is 0 Å². The predicted molar refractivity (Wildman–Crippen MR) is 96.5 cm³/mol. The normalized spacial score (nSPS) is 14.4. The van der Waals surface area contributed by atoms with E-state index < -0.39 is 10.0 Å². The fourth-order valence-corrected chi connectivity index (χ4v) is 3.71. The summed E-state index contributed by atoms with van der Waals surface area (Å²) in [4.78, 5) is 8.23. The Morgan fingerprint density at radius 2 is 2.00 bits per heavy atom.